The first-order valence-corrected chi connectivity index (χ1v) is 14.3. The molecular formula is C36H20F2N2S. The summed E-state index contributed by atoms with van der Waals surface area (Å²) >= 11 is 1.83. The summed E-state index contributed by atoms with van der Waals surface area (Å²) in [6.45, 7) is 0. The maximum Gasteiger partial charge on any atom is 0.123 e. The van der Waals surface area contributed by atoms with Gasteiger partial charge in [0.05, 0.1) is 22.1 Å². The van der Waals surface area contributed by atoms with Crippen LogP contribution in [0, 0.1) is 11.6 Å². The number of thiophene rings is 1. The predicted molar refractivity (Wildman–Crippen MR) is 168 cm³/mol. The fraction of sp³-hybridized carbons (Fsp3) is 0. The summed E-state index contributed by atoms with van der Waals surface area (Å²) in [5, 5.41) is 7.21. The van der Waals surface area contributed by atoms with Gasteiger partial charge in [0.2, 0.25) is 0 Å². The Bertz CT molecular complexity index is 2310. The molecule has 3 aromatic heterocycles. The molecule has 0 N–H and O–H groups in total. The zero-order chi connectivity index (χ0) is 27.2. The second-order valence-corrected chi connectivity index (χ2v) is 11.5. The molecule has 2 nitrogen and oxygen atoms in total. The van der Waals surface area contributed by atoms with E-state index in [0.29, 0.717) is 0 Å². The van der Waals surface area contributed by atoms with E-state index in [1.54, 1.807) is 0 Å². The monoisotopic (exact) mass is 550 g/mol. The van der Waals surface area contributed by atoms with Gasteiger partial charge in [-0.05, 0) is 72.8 Å². The first-order valence-electron chi connectivity index (χ1n) is 13.5. The molecule has 9 aromatic rings. The van der Waals surface area contributed by atoms with Crippen molar-refractivity contribution in [3.05, 3.63) is 133 Å². The molecule has 0 amide bonds. The Hall–Kier alpha value is -5.00. The number of benzene rings is 6. The molecule has 0 unspecified atom stereocenters. The van der Waals surface area contributed by atoms with Crippen LogP contribution in [0.25, 0.3) is 75.2 Å². The maximum atomic E-state index is 13.8. The van der Waals surface area contributed by atoms with Crippen LogP contribution in [-0.4, -0.2) is 9.13 Å². The van der Waals surface area contributed by atoms with Gasteiger partial charge in [0, 0.05) is 53.1 Å². The van der Waals surface area contributed by atoms with Crippen molar-refractivity contribution >= 4 is 75.1 Å². The lowest BCUT2D eigenvalue weighted by Crippen LogP contribution is -1.93. The van der Waals surface area contributed by atoms with Gasteiger partial charge in [0.15, 0.2) is 0 Å². The van der Waals surface area contributed by atoms with Crippen molar-refractivity contribution in [3.8, 4) is 11.4 Å². The molecule has 6 aromatic carbocycles. The van der Waals surface area contributed by atoms with E-state index in [9.17, 15) is 8.78 Å². The Kier molecular flexibility index (Phi) is 4.59. The standard InChI is InChI=1S/C36H20F2N2S/c37-21-9-13-23(14-10-21)39-29-7-3-1-5-27(29)33-31(39)19-17-25-26-18-20-32-34(36(26)41-35(25)33)28-6-2-4-8-30(28)40(32)24-15-11-22(38)12-16-24/h1-20H. The summed E-state index contributed by atoms with van der Waals surface area (Å²) in [4.78, 5) is 0. The van der Waals surface area contributed by atoms with Crippen LogP contribution in [0.4, 0.5) is 8.78 Å². The molecule has 0 atom stereocenters. The number of rotatable bonds is 2. The number of para-hydroxylation sites is 2. The van der Waals surface area contributed by atoms with Gasteiger partial charge in [-0.15, -0.1) is 11.3 Å². The number of nitrogens with zero attached hydrogens (tertiary/aromatic N) is 2. The van der Waals surface area contributed by atoms with Gasteiger partial charge in [-0.2, -0.15) is 0 Å². The van der Waals surface area contributed by atoms with E-state index in [1.165, 1.54) is 66.0 Å². The van der Waals surface area contributed by atoms with Crippen molar-refractivity contribution in [3.63, 3.8) is 0 Å². The van der Waals surface area contributed by atoms with E-state index >= 15 is 0 Å². The third-order valence-corrected chi connectivity index (χ3v) is 9.50. The van der Waals surface area contributed by atoms with E-state index in [1.807, 2.05) is 35.6 Å². The van der Waals surface area contributed by atoms with Gasteiger partial charge in [0.25, 0.3) is 0 Å². The molecule has 0 saturated carbocycles. The highest BCUT2D eigenvalue weighted by molar-refractivity contribution is 7.27. The molecule has 0 fully saturated rings. The molecule has 41 heavy (non-hydrogen) atoms. The molecule has 3 heterocycles. The lowest BCUT2D eigenvalue weighted by atomic mass is 10.1. The molecule has 0 aliphatic carbocycles. The van der Waals surface area contributed by atoms with Gasteiger partial charge in [-0.25, -0.2) is 8.78 Å². The maximum absolute atomic E-state index is 13.8. The zero-order valence-corrected chi connectivity index (χ0v) is 22.4. The Balaban J connectivity index is 1.43. The average Bonchev–Trinajstić information content (AvgIpc) is 3.65. The third-order valence-electron chi connectivity index (χ3n) is 8.25. The minimum atomic E-state index is -0.245. The minimum absolute atomic E-state index is 0.245. The van der Waals surface area contributed by atoms with Crippen LogP contribution in [0.3, 0.4) is 0 Å². The lowest BCUT2D eigenvalue weighted by Gasteiger charge is -2.08. The molecule has 0 spiro atoms. The molecule has 9 rings (SSSR count). The summed E-state index contributed by atoms with van der Waals surface area (Å²) in [7, 11) is 0. The van der Waals surface area contributed by atoms with Crippen molar-refractivity contribution in [1.29, 1.82) is 0 Å². The topological polar surface area (TPSA) is 9.86 Å². The fourth-order valence-electron chi connectivity index (χ4n) is 6.53. The smallest absolute Gasteiger partial charge is 0.123 e. The summed E-state index contributed by atoms with van der Waals surface area (Å²) in [6, 6.07) is 39.1. The number of aromatic nitrogens is 2. The van der Waals surface area contributed by atoms with E-state index in [-0.39, 0.29) is 11.6 Å². The van der Waals surface area contributed by atoms with Crippen molar-refractivity contribution < 1.29 is 8.78 Å². The summed E-state index contributed by atoms with van der Waals surface area (Å²) in [5.74, 6) is -0.490. The van der Waals surface area contributed by atoms with E-state index in [2.05, 4.69) is 81.9 Å². The fourth-order valence-corrected chi connectivity index (χ4v) is 7.95. The highest BCUT2D eigenvalue weighted by Crippen LogP contribution is 2.47. The summed E-state index contributed by atoms with van der Waals surface area (Å²) in [6.07, 6.45) is 0. The third kappa shape index (κ3) is 3.09. The van der Waals surface area contributed by atoms with Crippen molar-refractivity contribution in [2.24, 2.45) is 0 Å². The van der Waals surface area contributed by atoms with Crippen LogP contribution in [0.2, 0.25) is 0 Å². The van der Waals surface area contributed by atoms with E-state index in [4.69, 9.17) is 0 Å². The van der Waals surface area contributed by atoms with Crippen LogP contribution >= 0.6 is 11.3 Å². The van der Waals surface area contributed by atoms with E-state index in [0.717, 1.165) is 33.4 Å². The molecule has 5 heteroatoms. The number of hydrogen-bond acceptors (Lipinski definition) is 1. The molecule has 0 radical (unpaired) electrons. The van der Waals surface area contributed by atoms with Crippen molar-refractivity contribution in [2.45, 2.75) is 0 Å². The predicted octanol–water partition coefficient (Wildman–Crippen LogP) is 10.5. The number of hydrogen-bond donors (Lipinski definition) is 0. The largest absolute Gasteiger partial charge is 0.309 e. The summed E-state index contributed by atoms with van der Waals surface area (Å²) in [5.41, 5.74) is 6.25. The Labute approximate surface area is 236 Å². The highest BCUT2D eigenvalue weighted by atomic mass is 32.1. The van der Waals surface area contributed by atoms with Crippen LogP contribution in [0.15, 0.2) is 121 Å². The molecule has 0 aliphatic rings. The van der Waals surface area contributed by atoms with Crippen LogP contribution < -0.4 is 0 Å². The highest BCUT2D eigenvalue weighted by Gasteiger charge is 2.21. The zero-order valence-electron chi connectivity index (χ0n) is 21.6. The first-order chi connectivity index (χ1) is 20.2. The van der Waals surface area contributed by atoms with Crippen molar-refractivity contribution in [1.82, 2.24) is 9.13 Å². The second kappa shape index (κ2) is 8.26. The molecule has 0 aliphatic heterocycles. The quantitative estimate of drug-likeness (QED) is 0.203. The molecule has 0 saturated heterocycles. The van der Waals surface area contributed by atoms with Crippen LogP contribution in [0.5, 0.6) is 0 Å². The SMILES string of the molecule is Fc1ccc(-n2c3ccccc3c3c4sc5c(ccc6c5c5ccccc5n6-c5ccc(F)cc5)c4ccc32)cc1. The Morgan fingerprint density at radius 2 is 0.805 bits per heavy atom. The second-order valence-electron chi connectivity index (χ2n) is 10.4. The van der Waals surface area contributed by atoms with E-state index < -0.39 is 0 Å². The molecule has 0 bridgehead atoms. The average molecular weight is 551 g/mol. The van der Waals surface area contributed by atoms with Gasteiger partial charge in [-0.3, -0.25) is 0 Å². The van der Waals surface area contributed by atoms with Crippen molar-refractivity contribution in [2.75, 3.05) is 0 Å². The molecular weight excluding hydrogens is 530 g/mol. The summed E-state index contributed by atoms with van der Waals surface area (Å²) < 4.78 is 34.6. The van der Waals surface area contributed by atoms with Gasteiger partial charge in [0.1, 0.15) is 11.6 Å². The minimum Gasteiger partial charge on any atom is -0.309 e. The van der Waals surface area contributed by atoms with Gasteiger partial charge in [-0.1, -0.05) is 48.5 Å². The normalized spacial score (nSPS) is 12.1. The Morgan fingerprint density at radius 1 is 0.390 bits per heavy atom. The van der Waals surface area contributed by atoms with Gasteiger partial charge < -0.3 is 9.13 Å². The van der Waals surface area contributed by atoms with Crippen LogP contribution in [0.1, 0.15) is 0 Å². The van der Waals surface area contributed by atoms with Gasteiger partial charge >= 0.3 is 0 Å². The first kappa shape index (κ1) is 22.8. The van der Waals surface area contributed by atoms with Crippen LogP contribution in [-0.2, 0) is 0 Å². The number of halogens is 2. The number of fused-ring (bicyclic) bond motifs is 11. The Morgan fingerprint density at radius 3 is 1.24 bits per heavy atom. The lowest BCUT2D eigenvalue weighted by molar-refractivity contribution is 0.627. The molecule has 194 valence electrons.